The minimum atomic E-state index is -0.101. The fourth-order valence-electron chi connectivity index (χ4n) is 2.52. The summed E-state index contributed by atoms with van der Waals surface area (Å²) in [7, 11) is 1.62. The van der Waals surface area contributed by atoms with E-state index in [-0.39, 0.29) is 11.6 Å². The molecule has 0 saturated heterocycles. The number of ketones is 2. The van der Waals surface area contributed by atoms with Crippen LogP contribution in [0, 0.1) is 0 Å². The fourth-order valence-corrected chi connectivity index (χ4v) is 2.52. The lowest BCUT2D eigenvalue weighted by molar-refractivity contribution is 0.0544. The molecule has 2 rings (SSSR count). The van der Waals surface area contributed by atoms with E-state index in [4.69, 9.17) is 14.2 Å². The zero-order valence-corrected chi connectivity index (χ0v) is 14.3. The van der Waals surface area contributed by atoms with Crippen LogP contribution in [0.1, 0.15) is 34.6 Å². The Morgan fingerprint density at radius 1 is 0.917 bits per heavy atom. The lowest BCUT2D eigenvalue weighted by atomic mass is 9.95. The molecule has 0 aromatic heterocycles. The van der Waals surface area contributed by atoms with E-state index in [9.17, 15) is 9.59 Å². The van der Waals surface area contributed by atoms with Crippen LogP contribution in [0.2, 0.25) is 0 Å². The zero-order chi connectivity index (χ0) is 17.5. The largest absolute Gasteiger partial charge is 0.491 e. The molecule has 0 radical (unpaired) electrons. The maximum absolute atomic E-state index is 12.0. The van der Waals surface area contributed by atoms with Crippen molar-refractivity contribution in [1.82, 2.24) is 0 Å². The molecule has 0 aliphatic rings. The van der Waals surface area contributed by atoms with Crippen molar-refractivity contribution in [3.05, 3.63) is 41.5 Å². The molecule has 24 heavy (non-hydrogen) atoms. The Labute approximate surface area is 141 Å². The van der Waals surface area contributed by atoms with E-state index in [1.54, 1.807) is 25.3 Å². The second-order valence-corrected chi connectivity index (χ2v) is 5.44. The summed E-state index contributed by atoms with van der Waals surface area (Å²) in [6.07, 6.45) is 0. The van der Waals surface area contributed by atoms with Crippen molar-refractivity contribution in [2.45, 2.75) is 13.8 Å². The molecule has 0 N–H and O–H groups in total. The average molecular weight is 330 g/mol. The Morgan fingerprint density at radius 2 is 1.62 bits per heavy atom. The number of ether oxygens (including phenoxy) is 3. The number of rotatable bonds is 9. The quantitative estimate of drug-likeness (QED) is 0.521. The van der Waals surface area contributed by atoms with Gasteiger partial charge in [-0.15, -0.1) is 0 Å². The van der Waals surface area contributed by atoms with Crippen LogP contribution in [-0.4, -0.2) is 45.1 Å². The van der Waals surface area contributed by atoms with E-state index < -0.39 is 0 Å². The minimum Gasteiger partial charge on any atom is -0.491 e. The van der Waals surface area contributed by atoms with Gasteiger partial charge >= 0.3 is 0 Å². The zero-order valence-electron chi connectivity index (χ0n) is 14.3. The van der Waals surface area contributed by atoms with Gasteiger partial charge < -0.3 is 14.2 Å². The lowest BCUT2D eigenvalue weighted by Crippen LogP contribution is -2.10. The molecule has 0 spiro atoms. The summed E-state index contributed by atoms with van der Waals surface area (Å²) in [5.41, 5.74) is 1.04. The Balaban J connectivity index is 2.24. The van der Waals surface area contributed by atoms with Crippen molar-refractivity contribution in [2.75, 3.05) is 33.5 Å². The van der Waals surface area contributed by atoms with Crippen LogP contribution < -0.4 is 4.74 Å². The number of hydrogen-bond donors (Lipinski definition) is 0. The number of fused-ring (bicyclic) bond motifs is 1. The van der Waals surface area contributed by atoms with Crippen LogP contribution in [0.25, 0.3) is 10.8 Å². The summed E-state index contributed by atoms with van der Waals surface area (Å²) >= 11 is 0. The summed E-state index contributed by atoms with van der Waals surface area (Å²) in [5.74, 6) is 0.419. The van der Waals surface area contributed by atoms with Crippen molar-refractivity contribution in [3.63, 3.8) is 0 Å². The number of hydrogen-bond acceptors (Lipinski definition) is 5. The SMILES string of the molecule is COCCOCCOc1cc(C(C)=O)c2c(C(C)=O)cccc2c1. The maximum Gasteiger partial charge on any atom is 0.160 e. The van der Waals surface area contributed by atoms with Gasteiger partial charge in [0.05, 0.1) is 19.8 Å². The first-order valence-corrected chi connectivity index (χ1v) is 7.82. The van der Waals surface area contributed by atoms with Crippen molar-refractivity contribution in [1.29, 1.82) is 0 Å². The number of benzene rings is 2. The van der Waals surface area contributed by atoms with Gasteiger partial charge in [0, 0.05) is 23.6 Å². The van der Waals surface area contributed by atoms with Gasteiger partial charge in [-0.25, -0.2) is 0 Å². The van der Waals surface area contributed by atoms with Crippen molar-refractivity contribution >= 4 is 22.3 Å². The van der Waals surface area contributed by atoms with Gasteiger partial charge in [-0.1, -0.05) is 18.2 Å². The first-order chi connectivity index (χ1) is 11.5. The average Bonchev–Trinajstić information content (AvgIpc) is 2.56. The molecule has 0 bridgehead atoms. The molecule has 0 saturated carbocycles. The van der Waals surface area contributed by atoms with Crippen LogP contribution in [0.5, 0.6) is 5.75 Å². The van der Waals surface area contributed by atoms with E-state index in [1.165, 1.54) is 13.8 Å². The molecule has 5 nitrogen and oxygen atoms in total. The highest BCUT2D eigenvalue weighted by atomic mass is 16.5. The predicted octanol–water partition coefficient (Wildman–Crippen LogP) is 3.29. The van der Waals surface area contributed by atoms with E-state index >= 15 is 0 Å². The van der Waals surface area contributed by atoms with E-state index in [0.717, 1.165) is 5.39 Å². The highest BCUT2D eigenvalue weighted by molar-refractivity contribution is 6.16. The number of Topliss-reactive ketones (excluding diaryl/α,β-unsaturated/α-hetero) is 2. The number of carbonyl (C=O) groups excluding carboxylic acids is 2. The van der Waals surface area contributed by atoms with E-state index in [0.29, 0.717) is 48.7 Å². The van der Waals surface area contributed by atoms with Crippen molar-refractivity contribution in [3.8, 4) is 5.75 Å². The second-order valence-electron chi connectivity index (χ2n) is 5.44. The summed E-state index contributed by atoms with van der Waals surface area (Å²) in [6, 6.07) is 8.94. The van der Waals surface area contributed by atoms with Crippen LogP contribution in [0.15, 0.2) is 30.3 Å². The van der Waals surface area contributed by atoms with Gasteiger partial charge in [-0.2, -0.15) is 0 Å². The van der Waals surface area contributed by atoms with Crippen molar-refractivity contribution in [2.24, 2.45) is 0 Å². The van der Waals surface area contributed by atoms with Gasteiger partial charge in [0.25, 0.3) is 0 Å². The molecule has 2 aromatic rings. The molecule has 0 fully saturated rings. The first-order valence-electron chi connectivity index (χ1n) is 7.82. The molecule has 0 atom stereocenters. The molecule has 0 amide bonds. The number of carbonyl (C=O) groups is 2. The van der Waals surface area contributed by atoms with Gasteiger partial charge in [0.1, 0.15) is 12.4 Å². The molecule has 0 aliphatic heterocycles. The molecule has 0 heterocycles. The predicted molar refractivity (Wildman–Crippen MR) is 92.1 cm³/mol. The molecule has 128 valence electrons. The fraction of sp³-hybridized carbons (Fsp3) is 0.368. The van der Waals surface area contributed by atoms with Gasteiger partial charge in [0.2, 0.25) is 0 Å². The standard InChI is InChI=1S/C19H22O5/c1-13(20)17-6-4-5-15-11-16(12-18(14(2)21)19(15)17)24-10-9-23-8-7-22-3/h4-6,11-12H,7-10H2,1-3H3. The van der Waals surface area contributed by atoms with Gasteiger partial charge in [0.15, 0.2) is 11.6 Å². The molecule has 0 aliphatic carbocycles. The Bertz CT molecular complexity index is 736. The number of methoxy groups -OCH3 is 1. The minimum absolute atomic E-state index is 0.0664. The summed E-state index contributed by atoms with van der Waals surface area (Å²) in [5, 5.41) is 1.49. The van der Waals surface area contributed by atoms with Gasteiger partial charge in [-0.3, -0.25) is 9.59 Å². The monoisotopic (exact) mass is 330 g/mol. The Hall–Kier alpha value is -2.24. The highest BCUT2D eigenvalue weighted by Crippen LogP contribution is 2.29. The highest BCUT2D eigenvalue weighted by Gasteiger charge is 2.14. The smallest absolute Gasteiger partial charge is 0.160 e. The summed E-state index contributed by atoms with van der Waals surface area (Å²) in [6.45, 7) is 4.85. The summed E-state index contributed by atoms with van der Waals surface area (Å²) in [4.78, 5) is 23.9. The topological polar surface area (TPSA) is 61.8 Å². The molecule has 0 unspecified atom stereocenters. The van der Waals surface area contributed by atoms with Crippen LogP contribution in [0.3, 0.4) is 0 Å². The third kappa shape index (κ3) is 4.40. The van der Waals surface area contributed by atoms with Crippen LogP contribution in [-0.2, 0) is 9.47 Å². The third-order valence-electron chi connectivity index (χ3n) is 3.64. The molecular weight excluding hydrogens is 308 g/mol. The summed E-state index contributed by atoms with van der Waals surface area (Å²) < 4.78 is 15.9. The maximum atomic E-state index is 12.0. The Morgan fingerprint density at radius 3 is 2.29 bits per heavy atom. The second kappa shape index (κ2) is 8.57. The van der Waals surface area contributed by atoms with Crippen LogP contribution >= 0.6 is 0 Å². The van der Waals surface area contributed by atoms with Crippen molar-refractivity contribution < 1.29 is 23.8 Å². The third-order valence-corrected chi connectivity index (χ3v) is 3.64. The Kier molecular flexibility index (Phi) is 6.46. The van der Waals surface area contributed by atoms with Crippen LogP contribution in [0.4, 0.5) is 0 Å². The molecule has 2 aromatic carbocycles. The lowest BCUT2D eigenvalue weighted by Gasteiger charge is -2.12. The first kappa shape index (κ1) is 18.1. The molecule has 5 heteroatoms. The normalized spacial score (nSPS) is 10.8. The van der Waals surface area contributed by atoms with E-state index in [2.05, 4.69) is 0 Å². The van der Waals surface area contributed by atoms with E-state index in [1.807, 2.05) is 12.1 Å². The molecular formula is C19H22O5. The van der Waals surface area contributed by atoms with Gasteiger partial charge in [-0.05, 0) is 31.4 Å².